The van der Waals surface area contributed by atoms with Gasteiger partial charge in [0.05, 0.1) is 0 Å². The highest BCUT2D eigenvalue weighted by Crippen LogP contribution is 2.13. The van der Waals surface area contributed by atoms with Crippen molar-refractivity contribution in [3.63, 3.8) is 0 Å². The van der Waals surface area contributed by atoms with Crippen LogP contribution in [0.1, 0.15) is 6.92 Å². The van der Waals surface area contributed by atoms with Gasteiger partial charge in [-0.2, -0.15) is 0 Å². The van der Waals surface area contributed by atoms with Crippen molar-refractivity contribution in [3.8, 4) is 0 Å². The average molecular weight is 83.1 g/mol. The largest absolute Gasteiger partial charge is 0.300 e. The predicted octanol–water partition coefficient (Wildman–Crippen LogP) is 0.0284. The summed E-state index contributed by atoms with van der Waals surface area (Å²) in [7, 11) is 0. The van der Waals surface area contributed by atoms with Gasteiger partial charge in [-0.25, -0.2) is 0 Å². The molecule has 0 bridgehead atoms. The molecule has 0 aromatic rings. The van der Waals surface area contributed by atoms with E-state index in [4.69, 9.17) is 0 Å². The fourth-order valence-electron chi connectivity index (χ4n) is 0.163. The molecule has 1 aliphatic heterocycles. The maximum absolute atomic E-state index is 9.76. The Balaban J connectivity index is 2.52. The van der Waals surface area contributed by atoms with Crippen LogP contribution in [0, 0.1) is 0 Å². The normalized spacial score (nSPS) is 39.5. The first-order valence-corrected chi connectivity index (χ1v) is 1.79. The molecule has 1 rings (SSSR count). The minimum atomic E-state index is -0.389. The van der Waals surface area contributed by atoms with Gasteiger partial charge in [-0.3, -0.25) is 4.99 Å². The van der Waals surface area contributed by atoms with E-state index in [2.05, 4.69) is 4.99 Å². The summed E-state index contributed by atoms with van der Waals surface area (Å²) in [5.41, 5.74) is -0.389. The van der Waals surface area contributed by atoms with E-state index in [-0.39, 0.29) is 5.54 Å². The van der Waals surface area contributed by atoms with E-state index in [0.29, 0.717) is 0 Å². The molecule has 0 amide bonds. The summed E-state index contributed by atoms with van der Waals surface area (Å²) in [4.78, 5) is 13.4. The van der Waals surface area contributed by atoms with Crippen LogP contribution >= 0.6 is 0 Å². The molecule has 0 aromatic heterocycles. The van der Waals surface area contributed by atoms with Gasteiger partial charge in [-0.1, -0.05) is 0 Å². The monoisotopic (exact) mass is 83.0 g/mol. The van der Waals surface area contributed by atoms with E-state index in [9.17, 15) is 4.79 Å². The molecule has 1 aliphatic rings. The minimum absolute atomic E-state index is 0.389. The number of nitrogens with zero attached hydrogens (tertiary/aromatic N) is 1. The molecule has 1 unspecified atom stereocenters. The Morgan fingerprint density at radius 1 is 2.00 bits per heavy atom. The van der Waals surface area contributed by atoms with Gasteiger partial charge in [0.25, 0.3) is 0 Å². The molecule has 0 radical (unpaired) electrons. The quantitative estimate of drug-likeness (QED) is 0.411. The topological polar surface area (TPSA) is 29.4 Å². The van der Waals surface area contributed by atoms with Gasteiger partial charge in [0.15, 0.2) is 6.29 Å². The van der Waals surface area contributed by atoms with E-state index >= 15 is 0 Å². The Morgan fingerprint density at radius 3 is 2.50 bits per heavy atom. The molecule has 0 fully saturated rings. The molecule has 2 nitrogen and oxygen atoms in total. The van der Waals surface area contributed by atoms with Gasteiger partial charge in [0.2, 0.25) is 0 Å². The molecule has 6 heavy (non-hydrogen) atoms. The lowest BCUT2D eigenvalue weighted by molar-refractivity contribution is -0.109. The smallest absolute Gasteiger partial charge is 0.152 e. The lowest BCUT2D eigenvalue weighted by Crippen LogP contribution is -2.06. The zero-order valence-electron chi connectivity index (χ0n) is 3.51. The Bertz CT molecular complexity index is 100. The second-order valence-corrected chi connectivity index (χ2v) is 1.60. The fraction of sp³-hybridized carbons (Fsp3) is 0.500. The maximum atomic E-state index is 9.76. The molecule has 0 saturated carbocycles. The van der Waals surface area contributed by atoms with Crippen molar-refractivity contribution < 1.29 is 4.79 Å². The lowest BCUT2D eigenvalue weighted by atomic mass is 10.2. The van der Waals surface area contributed by atoms with Crippen LogP contribution in [0.25, 0.3) is 0 Å². The van der Waals surface area contributed by atoms with Gasteiger partial charge in [-0.15, -0.1) is 0 Å². The summed E-state index contributed by atoms with van der Waals surface area (Å²) < 4.78 is 0. The second kappa shape index (κ2) is 0.696. The van der Waals surface area contributed by atoms with Crippen LogP contribution in [0.5, 0.6) is 0 Å². The molecule has 0 spiro atoms. The second-order valence-electron chi connectivity index (χ2n) is 1.60. The first kappa shape index (κ1) is 3.53. The van der Waals surface area contributed by atoms with E-state index < -0.39 is 0 Å². The molecule has 0 aromatic carbocycles. The molecule has 1 heterocycles. The van der Waals surface area contributed by atoms with Gasteiger partial charge < -0.3 is 4.79 Å². The van der Waals surface area contributed by atoms with Gasteiger partial charge in [0, 0.05) is 6.21 Å². The molecule has 1 atom stereocenters. The lowest BCUT2D eigenvalue weighted by Gasteiger charge is -1.84. The molecule has 0 saturated heterocycles. The number of aldehydes is 1. The van der Waals surface area contributed by atoms with Crippen molar-refractivity contribution in [3.05, 3.63) is 0 Å². The van der Waals surface area contributed by atoms with Crippen molar-refractivity contribution >= 4 is 12.5 Å². The summed E-state index contributed by atoms with van der Waals surface area (Å²) in [6.45, 7) is 1.76. The Hall–Kier alpha value is -0.660. The zero-order chi connectivity index (χ0) is 4.62. The maximum Gasteiger partial charge on any atom is 0.152 e. The number of aliphatic imine (C=N–C) groups is 1. The van der Waals surface area contributed by atoms with Crippen molar-refractivity contribution in [1.29, 1.82) is 0 Å². The van der Waals surface area contributed by atoms with Gasteiger partial charge in [0.1, 0.15) is 5.54 Å². The van der Waals surface area contributed by atoms with E-state index in [0.717, 1.165) is 6.29 Å². The number of hydrogen-bond donors (Lipinski definition) is 0. The molecule has 32 valence electrons. The third-order valence-corrected chi connectivity index (χ3v) is 0.775. The summed E-state index contributed by atoms with van der Waals surface area (Å²) in [6, 6.07) is 0. The molecule has 0 aliphatic carbocycles. The van der Waals surface area contributed by atoms with Crippen LogP contribution < -0.4 is 0 Å². The Morgan fingerprint density at radius 2 is 2.50 bits per heavy atom. The average Bonchev–Trinajstić information content (AvgIpc) is 2.22. The predicted molar refractivity (Wildman–Crippen MR) is 23.0 cm³/mol. The third kappa shape index (κ3) is 0.339. The van der Waals surface area contributed by atoms with E-state index in [1.165, 1.54) is 0 Å². The van der Waals surface area contributed by atoms with Gasteiger partial charge >= 0.3 is 0 Å². The molecule has 2 heteroatoms. The highest BCUT2D eigenvalue weighted by atomic mass is 16.1. The molecular formula is C4H5NO. The summed E-state index contributed by atoms with van der Waals surface area (Å²) in [5, 5.41) is 0. The van der Waals surface area contributed by atoms with E-state index in [1.807, 2.05) is 0 Å². The fourth-order valence-corrected chi connectivity index (χ4v) is 0.163. The van der Waals surface area contributed by atoms with Gasteiger partial charge in [-0.05, 0) is 6.92 Å². The Kier molecular flexibility index (Phi) is 0.409. The summed E-state index contributed by atoms with van der Waals surface area (Å²) in [5.74, 6) is 0. The minimum Gasteiger partial charge on any atom is -0.300 e. The third-order valence-electron chi connectivity index (χ3n) is 0.775. The number of carbonyl (C=O) groups is 1. The summed E-state index contributed by atoms with van der Waals surface area (Å²) in [6.07, 6.45) is 2.45. The van der Waals surface area contributed by atoms with Crippen molar-refractivity contribution in [2.45, 2.75) is 12.5 Å². The molecular weight excluding hydrogens is 78.1 g/mol. The van der Waals surface area contributed by atoms with Crippen LogP contribution in [-0.2, 0) is 4.79 Å². The number of hydrogen-bond acceptors (Lipinski definition) is 2. The Labute approximate surface area is 35.9 Å². The number of rotatable bonds is 1. The van der Waals surface area contributed by atoms with Crippen LogP contribution in [-0.4, -0.2) is 18.0 Å². The summed E-state index contributed by atoms with van der Waals surface area (Å²) >= 11 is 0. The van der Waals surface area contributed by atoms with Crippen LogP contribution in [0.3, 0.4) is 0 Å². The van der Waals surface area contributed by atoms with Crippen LogP contribution in [0.15, 0.2) is 4.99 Å². The standard InChI is InChI=1S/C4H5NO/c1-4(3-6)2-5-4/h2-3H,1H3. The van der Waals surface area contributed by atoms with Crippen LogP contribution in [0.2, 0.25) is 0 Å². The van der Waals surface area contributed by atoms with E-state index in [1.54, 1.807) is 13.1 Å². The SMILES string of the molecule is CC1(C=O)C=N1. The van der Waals surface area contributed by atoms with Crippen molar-refractivity contribution in [2.24, 2.45) is 4.99 Å². The first-order valence-electron chi connectivity index (χ1n) is 1.79. The number of carbonyl (C=O) groups excluding carboxylic acids is 1. The highest BCUT2D eigenvalue weighted by Gasteiger charge is 2.28. The molecule has 0 N–H and O–H groups in total. The highest BCUT2D eigenvalue weighted by molar-refractivity contribution is 6.02. The van der Waals surface area contributed by atoms with Crippen LogP contribution in [0.4, 0.5) is 0 Å². The zero-order valence-corrected chi connectivity index (χ0v) is 3.51. The van der Waals surface area contributed by atoms with Crippen molar-refractivity contribution in [2.75, 3.05) is 0 Å². The van der Waals surface area contributed by atoms with Crippen molar-refractivity contribution in [1.82, 2.24) is 0 Å². The first-order chi connectivity index (χ1) is 2.77.